The van der Waals surface area contributed by atoms with Crippen LogP contribution in [0, 0.1) is 0 Å². The predicted octanol–water partition coefficient (Wildman–Crippen LogP) is 1.23. The maximum absolute atomic E-state index is 12.2. The lowest BCUT2D eigenvalue weighted by Gasteiger charge is -2.38. The molecule has 30 heavy (non-hydrogen) atoms. The van der Waals surface area contributed by atoms with Crippen LogP contribution in [0.1, 0.15) is 22.2 Å². The standard InChI is InChI=1S/C20H23ClN6O3/c1-4-19(28)27-9-13(8-22-2)30-17(10-27)12-5-15(26-18(21)6-12)14-7-16(20(29)23-3)25-11-24-14/h4-7,11,13,17,22H,1,8-10H2,2-3H3,(H,23,29)/t13-,17?/m0/s1. The summed E-state index contributed by atoms with van der Waals surface area (Å²) in [5.74, 6) is -0.485. The number of carbonyl (C=O) groups excluding carboxylic acids is 2. The molecule has 0 saturated carbocycles. The minimum atomic E-state index is -0.402. The van der Waals surface area contributed by atoms with Crippen molar-refractivity contribution in [3.8, 4) is 11.4 Å². The number of carbonyl (C=O) groups is 2. The molecule has 1 saturated heterocycles. The molecule has 0 spiro atoms. The van der Waals surface area contributed by atoms with Gasteiger partial charge in [0.1, 0.15) is 23.3 Å². The van der Waals surface area contributed by atoms with Gasteiger partial charge in [0.15, 0.2) is 0 Å². The van der Waals surface area contributed by atoms with Gasteiger partial charge in [0.2, 0.25) is 5.91 Å². The van der Waals surface area contributed by atoms with Crippen molar-refractivity contribution in [2.75, 3.05) is 33.7 Å². The number of hydrogen-bond acceptors (Lipinski definition) is 7. The summed E-state index contributed by atoms with van der Waals surface area (Å²) in [5, 5.41) is 5.85. The molecule has 158 valence electrons. The van der Waals surface area contributed by atoms with E-state index in [4.69, 9.17) is 16.3 Å². The summed E-state index contributed by atoms with van der Waals surface area (Å²) < 4.78 is 6.19. The number of halogens is 1. The van der Waals surface area contributed by atoms with Gasteiger partial charge in [-0.1, -0.05) is 18.2 Å². The highest BCUT2D eigenvalue weighted by Gasteiger charge is 2.31. The Morgan fingerprint density at radius 3 is 2.77 bits per heavy atom. The van der Waals surface area contributed by atoms with Gasteiger partial charge < -0.3 is 20.3 Å². The molecule has 3 rings (SSSR count). The van der Waals surface area contributed by atoms with E-state index in [0.29, 0.717) is 31.0 Å². The van der Waals surface area contributed by atoms with Gasteiger partial charge in [-0.3, -0.25) is 9.59 Å². The molecule has 0 aromatic carbocycles. The van der Waals surface area contributed by atoms with Gasteiger partial charge in [0.05, 0.1) is 24.0 Å². The minimum Gasteiger partial charge on any atom is -0.365 e. The van der Waals surface area contributed by atoms with Crippen LogP contribution in [0.5, 0.6) is 0 Å². The van der Waals surface area contributed by atoms with E-state index in [1.165, 1.54) is 19.5 Å². The molecule has 2 atom stereocenters. The van der Waals surface area contributed by atoms with E-state index >= 15 is 0 Å². The molecule has 9 nitrogen and oxygen atoms in total. The van der Waals surface area contributed by atoms with Crippen LogP contribution in [0.2, 0.25) is 5.15 Å². The van der Waals surface area contributed by atoms with Gasteiger partial charge in [-0.25, -0.2) is 15.0 Å². The summed E-state index contributed by atoms with van der Waals surface area (Å²) >= 11 is 6.27. The zero-order valence-corrected chi connectivity index (χ0v) is 17.5. The molecule has 0 bridgehead atoms. The number of nitrogens with one attached hydrogen (secondary N) is 2. The first-order valence-electron chi connectivity index (χ1n) is 9.38. The van der Waals surface area contributed by atoms with Gasteiger partial charge in [-0.05, 0) is 36.9 Å². The number of hydrogen-bond donors (Lipinski definition) is 2. The lowest BCUT2D eigenvalue weighted by molar-refractivity contribution is -0.140. The fourth-order valence-electron chi connectivity index (χ4n) is 3.26. The maximum atomic E-state index is 12.2. The third-order valence-electron chi connectivity index (χ3n) is 4.66. The molecule has 3 heterocycles. The fraction of sp³-hybridized carbons (Fsp3) is 0.350. The van der Waals surface area contributed by atoms with Crippen LogP contribution in [-0.2, 0) is 9.53 Å². The molecule has 0 radical (unpaired) electrons. The average Bonchev–Trinajstić information content (AvgIpc) is 2.77. The van der Waals surface area contributed by atoms with E-state index in [9.17, 15) is 9.59 Å². The number of aromatic nitrogens is 3. The van der Waals surface area contributed by atoms with Crippen molar-refractivity contribution >= 4 is 23.4 Å². The molecule has 2 aromatic rings. The molecule has 1 aliphatic rings. The highest BCUT2D eigenvalue weighted by Crippen LogP contribution is 2.29. The Morgan fingerprint density at radius 2 is 2.07 bits per heavy atom. The Kier molecular flexibility index (Phi) is 7.09. The van der Waals surface area contributed by atoms with Gasteiger partial charge in [0.25, 0.3) is 5.91 Å². The highest BCUT2D eigenvalue weighted by atomic mass is 35.5. The van der Waals surface area contributed by atoms with Gasteiger partial charge in [-0.2, -0.15) is 0 Å². The Hall–Kier alpha value is -2.88. The van der Waals surface area contributed by atoms with Crippen molar-refractivity contribution < 1.29 is 14.3 Å². The van der Waals surface area contributed by atoms with Crippen molar-refractivity contribution in [1.29, 1.82) is 0 Å². The first kappa shape index (κ1) is 21.8. The van der Waals surface area contributed by atoms with Crippen LogP contribution < -0.4 is 10.6 Å². The Balaban J connectivity index is 1.95. The van der Waals surface area contributed by atoms with E-state index in [2.05, 4.69) is 32.2 Å². The van der Waals surface area contributed by atoms with Crippen LogP contribution >= 0.6 is 11.6 Å². The maximum Gasteiger partial charge on any atom is 0.269 e. The van der Waals surface area contributed by atoms with Crippen LogP contribution in [0.25, 0.3) is 11.4 Å². The smallest absolute Gasteiger partial charge is 0.269 e. The number of ether oxygens (including phenoxy) is 1. The number of morpholine rings is 1. The molecular formula is C20H23ClN6O3. The molecule has 2 aromatic heterocycles. The lowest BCUT2D eigenvalue weighted by Crippen LogP contribution is -2.49. The van der Waals surface area contributed by atoms with Crippen molar-refractivity contribution in [3.63, 3.8) is 0 Å². The Morgan fingerprint density at radius 1 is 1.27 bits per heavy atom. The fourth-order valence-corrected chi connectivity index (χ4v) is 3.47. The second-order valence-corrected chi connectivity index (χ2v) is 7.12. The van der Waals surface area contributed by atoms with Gasteiger partial charge in [-0.15, -0.1) is 0 Å². The Labute approximate surface area is 179 Å². The second-order valence-electron chi connectivity index (χ2n) is 6.73. The average molecular weight is 431 g/mol. The quantitative estimate of drug-likeness (QED) is 0.524. The zero-order valence-electron chi connectivity index (χ0n) is 16.8. The molecule has 10 heteroatoms. The summed E-state index contributed by atoms with van der Waals surface area (Å²) in [5.41, 5.74) is 1.91. The lowest BCUT2D eigenvalue weighted by atomic mass is 10.0. The molecular weight excluding hydrogens is 408 g/mol. The number of rotatable bonds is 6. The van der Waals surface area contributed by atoms with Crippen LogP contribution in [0.4, 0.5) is 0 Å². The number of likely N-dealkylation sites (N-methyl/N-ethyl adjacent to an activating group) is 1. The van der Waals surface area contributed by atoms with E-state index in [1.807, 2.05) is 7.05 Å². The summed E-state index contributed by atoms with van der Waals surface area (Å²) in [7, 11) is 3.35. The largest absolute Gasteiger partial charge is 0.365 e. The molecule has 1 aliphatic heterocycles. The summed E-state index contributed by atoms with van der Waals surface area (Å²) in [6, 6.07) is 5.04. The molecule has 1 fully saturated rings. The third-order valence-corrected chi connectivity index (χ3v) is 4.86. The number of amides is 2. The van der Waals surface area contributed by atoms with E-state index in [1.54, 1.807) is 23.1 Å². The van der Waals surface area contributed by atoms with E-state index in [-0.39, 0.29) is 28.8 Å². The topological polar surface area (TPSA) is 109 Å². The molecule has 0 aliphatic carbocycles. The Bertz CT molecular complexity index is 954. The van der Waals surface area contributed by atoms with Crippen LogP contribution in [-0.4, -0.2) is 71.5 Å². The summed E-state index contributed by atoms with van der Waals surface area (Å²) in [4.78, 5) is 38.3. The first-order valence-corrected chi connectivity index (χ1v) is 9.76. The predicted molar refractivity (Wildman–Crippen MR) is 112 cm³/mol. The van der Waals surface area contributed by atoms with Crippen molar-refractivity contribution in [1.82, 2.24) is 30.5 Å². The third kappa shape index (κ3) is 4.99. The summed E-state index contributed by atoms with van der Waals surface area (Å²) in [6.45, 7) is 4.99. The second kappa shape index (κ2) is 9.75. The van der Waals surface area contributed by atoms with Crippen LogP contribution in [0.3, 0.4) is 0 Å². The SMILES string of the molecule is C=CC(=O)N1CC(c2cc(Cl)nc(-c3cc(C(=O)NC)ncn3)c2)O[C@@H](CNC)C1. The van der Waals surface area contributed by atoms with Crippen molar-refractivity contribution in [3.05, 3.63) is 53.6 Å². The normalized spacial score (nSPS) is 18.7. The minimum absolute atomic E-state index is 0.157. The summed E-state index contributed by atoms with van der Waals surface area (Å²) in [6.07, 6.45) is 2.00. The van der Waals surface area contributed by atoms with Crippen molar-refractivity contribution in [2.24, 2.45) is 0 Å². The number of nitrogens with zero attached hydrogens (tertiary/aromatic N) is 4. The highest BCUT2D eigenvalue weighted by molar-refractivity contribution is 6.29. The first-order chi connectivity index (χ1) is 14.4. The van der Waals surface area contributed by atoms with Crippen molar-refractivity contribution in [2.45, 2.75) is 12.2 Å². The molecule has 1 unspecified atom stereocenters. The van der Waals surface area contributed by atoms with Gasteiger partial charge >= 0.3 is 0 Å². The van der Waals surface area contributed by atoms with E-state index < -0.39 is 6.10 Å². The van der Waals surface area contributed by atoms with Gasteiger partial charge in [0, 0.05) is 20.1 Å². The molecule has 2 N–H and O–H groups in total. The number of pyridine rings is 1. The molecule has 2 amide bonds. The monoisotopic (exact) mass is 430 g/mol. The zero-order chi connectivity index (χ0) is 21.7. The van der Waals surface area contributed by atoms with Crippen LogP contribution in [0.15, 0.2) is 37.2 Å². The van der Waals surface area contributed by atoms with E-state index in [0.717, 1.165) is 5.56 Å².